The van der Waals surface area contributed by atoms with Crippen LogP contribution in [0.1, 0.15) is 43.0 Å². The largest absolute Gasteiger partial charge is 0.345 e. The molecule has 19 heavy (non-hydrogen) atoms. The SMILES string of the molecule is CC1CCCCC1(CN)NC(=O)c1ccc(Cl)cc1. The lowest BCUT2D eigenvalue weighted by atomic mass is 9.73. The normalized spacial score (nSPS) is 27.0. The highest BCUT2D eigenvalue weighted by atomic mass is 35.5. The predicted molar refractivity (Wildman–Crippen MR) is 78.3 cm³/mol. The van der Waals surface area contributed by atoms with Crippen LogP contribution < -0.4 is 11.1 Å². The summed E-state index contributed by atoms with van der Waals surface area (Å²) >= 11 is 5.83. The Kier molecular flexibility index (Phi) is 4.48. The van der Waals surface area contributed by atoms with Gasteiger partial charge in [0.2, 0.25) is 0 Å². The summed E-state index contributed by atoms with van der Waals surface area (Å²) in [4.78, 5) is 12.3. The molecule has 1 amide bonds. The van der Waals surface area contributed by atoms with Crippen molar-refractivity contribution >= 4 is 17.5 Å². The molecule has 0 aliphatic heterocycles. The number of carbonyl (C=O) groups excluding carboxylic acids is 1. The maximum absolute atomic E-state index is 12.3. The highest BCUT2D eigenvalue weighted by Gasteiger charge is 2.38. The summed E-state index contributed by atoms with van der Waals surface area (Å²) in [6.07, 6.45) is 4.43. The van der Waals surface area contributed by atoms with Crippen molar-refractivity contribution in [1.82, 2.24) is 5.32 Å². The fraction of sp³-hybridized carbons (Fsp3) is 0.533. The molecule has 2 unspecified atom stereocenters. The first-order valence-electron chi connectivity index (χ1n) is 6.85. The number of rotatable bonds is 3. The molecule has 2 atom stereocenters. The molecule has 0 aromatic heterocycles. The maximum Gasteiger partial charge on any atom is 0.251 e. The van der Waals surface area contributed by atoms with Gasteiger partial charge in [0.1, 0.15) is 0 Å². The molecule has 1 aliphatic rings. The molecule has 0 radical (unpaired) electrons. The lowest BCUT2D eigenvalue weighted by molar-refractivity contribution is 0.0813. The third kappa shape index (κ3) is 3.10. The fourth-order valence-electron chi connectivity index (χ4n) is 2.85. The van der Waals surface area contributed by atoms with Crippen LogP contribution in [0.25, 0.3) is 0 Å². The van der Waals surface area contributed by atoms with Gasteiger partial charge in [0, 0.05) is 17.1 Å². The molecule has 104 valence electrons. The molecule has 1 aromatic carbocycles. The van der Waals surface area contributed by atoms with E-state index in [-0.39, 0.29) is 11.4 Å². The zero-order chi connectivity index (χ0) is 13.9. The van der Waals surface area contributed by atoms with Gasteiger partial charge in [0.15, 0.2) is 0 Å². The van der Waals surface area contributed by atoms with E-state index in [4.69, 9.17) is 17.3 Å². The molecular formula is C15H21ClN2O. The first-order valence-corrected chi connectivity index (χ1v) is 7.23. The Balaban J connectivity index is 2.13. The van der Waals surface area contributed by atoms with Crippen molar-refractivity contribution in [3.63, 3.8) is 0 Å². The van der Waals surface area contributed by atoms with Crippen LogP contribution in [0.3, 0.4) is 0 Å². The molecule has 2 rings (SSSR count). The third-order valence-electron chi connectivity index (χ3n) is 4.29. The summed E-state index contributed by atoms with van der Waals surface area (Å²) in [7, 11) is 0. The van der Waals surface area contributed by atoms with Gasteiger partial charge in [-0.3, -0.25) is 4.79 Å². The van der Waals surface area contributed by atoms with Crippen molar-refractivity contribution < 1.29 is 4.79 Å². The maximum atomic E-state index is 12.3. The van der Waals surface area contributed by atoms with Crippen molar-refractivity contribution in [3.8, 4) is 0 Å². The smallest absolute Gasteiger partial charge is 0.251 e. The molecule has 0 saturated heterocycles. The second-order valence-corrected chi connectivity index (χ2v) is 5.90. The van der Waals surface area contributed by atoms with Gasteiger partial charge in [0.05, 0.1) is 5.54 Å². The minimum Gasteiger partial charge on any atom is -0.345 e. The fourth-order valence-corrected chi connectivity index (χ4v) is 2.98. The van der Waals surface area contributed by atoms with Gasteiger partial charge in [-0.05, 0) is 43.0 Å². The molecule has 1 aromatic rings. The second-order valence-electron chi connectivity index (χ2n) is 5.47. The monoisotopic (exact) mass is 280 g/mol. The Bertz CT molecular complexity index is 446. The van der Waals surface area contributed by atoms with E-state index in [1.807, 2.05) is 0 Å². The molecule has 1 fully saturated rings. The zero-order valence-corrected chi connectivity index (χ0v) is 12.0. The highest BCUT2D eigenvalue weighted by Crippen LogP contribution is 2.33. The Hall–Kier alpha value is -1.06. The topological polar surface area (TPSA) is 55.1 Å². The van der Waals surface area contributed by atoms with Crippen molar-refractivity contribution in [3.05, 3.63) is 34.9 Å². The van der Waals surface area contributed by atoms with Crippen molar-refractivity contribution in [2.75, 3.05) is 6.54 Å². The van der Waals surface area contributed by atoms with E-state index in [0.29, 0.717) is 23.0 Å². The summed E-state index contributed by atoms with van der Waals surface area (Å²) in [5.41, 5.74) is 6.32. The molecular weight excluding hydrogens is 260 g/mol. The molecule has 0 spiro atoms. The van der Waals surface area contributed by atoms with Gasteiger partial charge in [-0.1, -0.05) is 31.4 Å². The zero-order valence-electron chi connectivity index (χ0n) is 11.3. The van der Waals surface area contributed by atoms with Crippen molar-refractivity contribution in [1.29, 1.82) is 0 Å². The molecule has 1 saturated carbocycles. The highest BCUT2D eigenvalue weighted by molar-refractivity contribution is 6.30. The van der Waals surface area contributed by atoms with Crippen LogP contribution in [-0.2, 0) is 0 Å². The summed E-state index contributed by atoms with van der Waals surface area (Å²) < 4.78 is 0. The average Bonchev–Trinajstić information content (AvgIpc) is 2.42. The minimum atomic E-state index is -0.255. The summed E-state index contributed by atoms with van der Waals surface area (Å²) in [5.74, 6) is 0.360. The van der Waals surface area contributed by atoms with E-state index in [9.17, 15) is 4.79 Å². The number of amides is 1. The van der Waals surface area contributed by atoms with Gasteiger partial charge in [-0.2, -0.15) is 0 Å². The van der Waals surface area contributed by atoms with Crippen molar-refractivity contribution in [2.24, 2.45) is 11.7 Å². The van der Waals surface area contributed by atoms with E-state index in [0.717, 1.165) is 19.3 Å². The number of hydrogen-bond donors (Lipinski definition) is 2. The van der Waals surface area contributed by atoms with E-state index >= 15 is 0 Å². The van der Waals surface area contributed by atoms with Crippen LogP contribution in [0.4, 0.5) is 0 Å². The number of halogens is 1. The minimum absolute atomic E-state index is 0.0594. The van der Waals surface area contributed by atoms with Gasteiger partial charge in [-0.25, -0.2) is 0 Å². The van der Waals surface area contributed by atoms with E-state index in [2.05, 4.69) is 12.2 Å². The summed E-state index contributed by atoms with van der Waals surface area (Å²) in [5, 5.41) is 3.80. The van der Waals surface area contributed by atoms with E-state index < -0.39 is 0 Å². The summed E-state index contributed by atoms with van der Waals surface area (Å²) in [6.45, 7) is 2.67. The molecule has 3 N–H and O–H groups in total. The second kappa shape index (κ2) is 5.93. The Labute approximate surface area is 119 Å². The van der Waals surface area contributed by atoms with Gasteiger partial charge in [0.25, 0.3) is 5.91 Å². The van der Waals surface area contributed by atoms with Gasteiger partial charge >= 0.3 is 0 Å². The number of nitrogens with one attached hydrogen (secondary N) is 1. The van der Waals surface area contributed by atoms with Crippen LogP contribution in [0.2, 0.25) is 5.02 Å². The standard InChI is InChI=1S/C15H21ClN2O/c1-11-4-2-3-9-15(11,10-17)18-14(19)12-5-7-13(16)8-6-12/h5-8,11H,2-4,9-10,17H2,1H3,(H,18,19). The molecule has 3 nitrogen and oxygen atoms in total. The van der Waals surface area contributed by atoms with E-state index in [1.54, 1.807) is 24.3 Å². The first kappa shape index (κ1) is 14.4. The first-order chi connectivity index (χ1) is 9.07. The Morgan fingerprint density at radius 2 is 2.11 bits per heavy atom. The van der Waals surface area contributed by atoms with Crippen LogP contribution in [0.15, 0.2) is 24.3 Å². The van der Waals surface area contributed by atoms with Crippen LogP contribution in [-0.4, -0.2) is 18.0 Å². The predicted octanol–water partition coefficient (Wildman–Crippen LogP) is 2.98. The number of benzene rings is 1. The van der Waals surface area contributed by atoms with Gasteiger partial charge in [-0.15, -0.1) is 0 Å². The molecule has 0 heterocycles. The molecule has 4 heteroatoms. The number of hydrogen-bond acceptors (Lipinski definition) is 2. The summed E-state index contributed by atoms with van der Waals surface area (Å²) in [6, 6.07) is 6.95. The number of carbonyl (C=O) groups is 1. The van der Waals surface area contributed by atoms with Crippen molar-refractivity contribution in [2.45, 2.75) is 38.1 Å². The lowest BCUT2D eigenvalue weighted by Crippen LogP contribution is -2.59. The molecule has 0 bridgehead atoms. The van der Waals surface area contributed by atoms with Crippen LogP contribution in [0, 0.1) is 5.92 Å². The van der Waals surface area contributed by atoms with Crippen LogP contribution >= 0.6 is 11.6 Å². The van der Waals surface area contributed by atoms with E-state index in [1.165, 1.54) is 6.42 Å². The Morgan fingerprint density at radius 3 is 2.68 bits per heavy atom. The van der Waals surface area contributed by atoms with Crippen LogP contribution in [0.5, 0.6) is 0 Å². The number of nitrogens with two attached hydrogens (primary N) is 1. The lowest BCUT2D eigenvalue weighted by Gasteiger charge is -2.42. The van der Waals surface area contributed by atoms with Gasteiger partial charge < -0.3 is 11.1 Å². The quantitative estimate of drug-likeness (QED) is 0.894. The third-order valence-corrected chi connectivity index (χ3v) is 4.54. The average molecular weight is 281 g/mol. The Morgan fingerprint density at radius 1 is 1.42 bits per heavy atom. The molecule has 1 aliphatic carbocycles.